The Bertz CT molecular complexity index is 122. The second-order valence-electron chi connectivity index (χ2n) is 2.39. The highest BCUT2D eigenvalue weighted by molar-refractivity contribution is 5.73. The van der Waals surface area contributed by atoms with Gasteiger partial charge >= 0.3 is 5.97 Å². The molecule has 0 aliphatic carbocycles. The fourth-order valence-corrected chi connectivity index (χ4v) is 0.599. The molecule has 0 heterocycles. The Morgan fingerprint density at radius 1 is 1.50 bits per heavy atom. The maximum Gasteiger partial charge on any atom is 0.334 e. The molecule has 1 unspecified atom stereocenters. The van der Waals surface area contributed by atoms with Gasteiger partial charge in [0.05, 0.1) is 6.61 Å². The number of esters is 1. The summed E-state index contributed by atoms with van der Waals surface area (Å²) in [6.45, 7) is 4.85. The maximum absolute atomic E-state index is 10.7. The minimum Gasteiger partial charge on any atom is -0.464 e. The molecule has 0 rings (SSSR count). The highest BCUT2D eigenvalue weighted by atomic mass is 16.5. The number of carbonyl (C=O) groups is 1. The van der Waals surface area contributed by atoms with Crippen molar-refractivity contribution < 1.29 is 19.4 Å². The van der Waals surface area contributed by atoms with Crippen molar-refractivity contribution in [2.24, 2.45) is 0 Å². The van der Waals surface area contributed by atoms with Crippen molar-refractivity contribution >= 4 is 5.97 Å². The average Bonchev–Trinajstić information content (AvgIpc) is 2.03. The number of hydrogen-bond acceptors (Lipinski definition) is 4. The topological polar surface area (TPSA) is 55.8 Å². The van der Waals surface area contributed by atoms with Gasteiger partial charge in [0.2, 0.25) is 0 Å². The van der Waals surface area contributed by atoms with Gasteiger partial charge in [-0.3, -0.25) is 0 Å². The summed E-state index contributed by atoms with van der Waals surface area (Å²) < 4.78 is 9.70. The fourth-order valence-electron chi connectivity index (χ4n) is 0.599. The largest absolute Gasteiger partial charge is 0.464 e. The Labute approximate surface area is 72.5 Å². The fraction of sp³-hybridized carbons (Fsp3) is 0.875. The van der Waals surface area contributed by atoms with E-state index in [1.165, 1.54) is 6.92 Å². The van der Waals surface area contributed by atoms with Gasteiger partial charge in [-0.25, -0.2) is 4.79 Å². The number of aliphatic hydroxyl groups is 1. The van der Waals surface area contributed by atoms with Crippen LogP contribution in [-0.2, 0) is 14.3 Å². The quantitative estimate of drug-likeness (QED) is 0.468. The molecular weight excluding hydrogens is 160 g/mol. The lowest BCUT2D eigenvalue weighted by atomic mass is 10.4. The van der Waals surface area contributed by atoms with E-state index in [4.69, 9.17) is 9.84 Å². The number of carbonyl (C=O) groups excluding carboxylic acids is 1. The van der Waals surface area contributed by atoms with Crippen LogP contribution in [0.4, 0.5) is 0 Å². The molecule has 0 bridgehead atoms. The van der Waals surface area contributed by atoms with Crippen LogP contribution in [0.5, 0.6) is 0 Å². The van der Waals surface area contributed by atoms with E-state index in [-0.39, 0.29) is 0 Å². The van der Waals surface area contributed by atoms with E-state index >= 15 is 0 Å². The van der Waals surface area contributed by atoms with Crippen molar-refractivity contribution in [2.75, 3.05) is 19.8 Å². The number of hydrogen-bond donors (Lipinski definition) is 1. The van der Waals surface area contributed by atoms with E-state index in [1.54, 1.807) is 0 Å². The molecule has 0 aliphatic rings. The molecule has 0 aliphatic heterocycles. The normalized spacial score (nSPS) is 12.6. The Hall–Kier alpha value is -0.610. The second-order valence-corrected chi connectivity index (χ2v) is 2.39. The molecule has 0 saturated carbocycles. The predicted octanol–water partition coefficient (Wildman–Crippen LogP) is 0.337. The lowest BCUT2D eigenvalue weighted by Crippen LogP contribution is -2.20. The molecule has 0 fully saturated rings. The van der Waals surface area contributed by atoms with Crippen molar-refractivity contribution in [2.45, 2.75) is 26.4 Å². The van der Waals surface area contributed by atoms with Crippen LogP contribution in [0.15, 0.2) is 0 Å². The summed E-state index contributed by atoms with van der Waals surface area (Å²) >= 11 is 0. The Morgan fingerprint density at radius 2 is 2.17 bits per heavy atom. The minimum atomic E-state index is -1.03. The molecule has 4 nitrogen and oxygen atoms in total. The van der Waals surface area contributed by atoms with E-state index in [0.29, 0.717) is 26.2 Å². The van der Waals surface area contributed by atoms with Crippen molar-refractivity contribution in [3.05, 3.63) is 0 Å². The van der Waals surface area contributed by atoms with Gasteiger partial charge in [0.15, 0.2) is 0 Å². The van der Waals surface area contributed by atoms with E-state index < -0.39 is 12.1 Å². The van der Waals surface area contributed by atoms with Crippen molar-refractivity contribution in [3.63, 3.8) is 0 Å². The SMILES string of the molecule is CCOCCCOC(=O)C(C)O. The van der Waals surface area contributed by atoms with Gasteiger partial charge in [-0.05, 0) is 13.8 Å². The van der Waals surface area contributed by atoms with Crippen LogP contribution < -0.4 is 0 Å². The van der Waals surface area contributed by atoms with Crippen LogP contribution in [-0.4, -0.2) is 37.0 Å². The Morgan fingerprint density at radius 3 is 2.67 bits per heavy atom. The van der Waals surface area contributed by atoms with E-state index in [0.717, 1.165) is 0 Å². The number of ether oxygens (including phenoxy) is 2. The lowest BCUT2D eigenvalue weighted by molar-refractivity contribution is -0.152. The zero-order valence-electron chi connectivity index (χ0n) is 7.58. The molecule has 72 valence electrons. The first-order valence-corrected chi connectivity index (χ1v) is 4.11. The number of aliphatic hydroxyl groups excluding tert-OH is 1. The monoisotopic (exact) mass is 176 g/mol. The highest BCUT2D eigenvalue weighted by Crippen LogP contribution is 1.89. The molecule has 1 N–H and O–H groups in total. The summed E-state index contributed by atoms with van der Waals surface area (Å²) in [6, 6.07) is 0. The summed E-state index contributed by atoms with van der Waals surface area (Å²) in [5, 5.41) is 8.72. The van der Waals surface area contributed by atoms with Gasteiger partial charge in [-0.2, -0.15) is 0 Å². The first-order valence-electron chi connectivity index (χ1n) is 4.11. The van der Waals surface area contributed by atoms with Gasteiger partial charge < -0.3 is 14.6 Å². The zero-order chi connectivity index (χ0) is 9.40. The minimum absolute atomic E-state index is 0.309. The van der Waals surface area contributed by atoms with Crippen molar-refractivity contribution in [1.82, 2.24) is 0 Å². The van der Waals surface area contributed by atoms with Crippen molar-refractivity contribution in [1.29, 1.82) is 0 Å². The van der Waals surface area contributed by atoms with E-state index in [2.05, 4.69) is 4.74 Å². The molecule has 4 heteroatoms. The molecule has 0 aromatic heterocycles. The third-order valence-corrected chi connectivity index (χ3v) is 1.22. The first-order chi connectivity index (χ1) is 5.68. The highest BCUT2D eigenvalue weighted by Gasteiger charge is 2.08. The lowest BCUT2D eigenvalue weighted by Gasteiger charge is -2.05. The van der Waals surface area contributed by atoms with Crippen LogP contribution in [0, 0.1) is 0 Å². The first kappa shape index (κ1) is 11.4. The molecule has 0 saturated heterocycles. The van der Waals surface area contributed by atoms with Crippen LogP contribution in [0.25, 0.3) is 0 Å². The summed E-state index contributed by atoms with van der Waals surface area (Å²) in [6.07, 6.45) is -0.358. The molecule has 12 heavy (non-hydrogen) atoms. The van der Waals surface area contributed by atoms with E-state index in [1.807, 2.05) is 6.92 Å². The smallest absolute Gasteiger partial charge is 0.334 e. The summed E-state index contributed by atoms with van der Waals surface area (Å²) in [5.41, 5.74) is 0. The Kier molecular flexibility index (Phi) is 6.70. The molecule has 1 atom stereocenters. The zero-order valence-corrected chi connectivity index (χ0v) is 7.58. The van der Waals surface area contributed by atoms with Crippen LogP contribution in [0.3, 0.4) is 0 Å². The molecule has 0 aromatic carbocycles. The average molecular weight is 176 g/mol. The molecule has 0 radical (unpaired) electrons. The maximum atomic E-state index is 10.7. The van der Waals surface area contributed by atoms with Crippen LogP contribution in [0.1, 0.15) is 20.3 Å². The van der Waals surface area contributed by atoms with Crippen molar-refractivity contribution in [3.8, 4) is 0 Å². The third-order valence-electron chi connectivity index (χ3n) is 1.22. The van der Waals surface area contributed by atoms with Gasteiger partial charge in [0.1, 0.15) is 6.10 Å². The van der Waals surface area contributed by atoms with Gasteiger partial charge in [0.25, 0.3) is 0 Å². The summed E-state index contributed by atoms with van der Waals surface area (Å²) in [5.74, 6) is -0.577. The Balaban J connectivity index is 3.14. The molecule has 0 amide bonds. The molecule has 0 spiro atoms. The molecule has 0 aromatic rings. The predicted molar refractivity (Wildman–Crippen MR) is 43.7 cm³/mol. The second kappa shape index (κ2) is 7.06. The van der Waals surface area contributed by atoms with Gasteiger partial charge in [-0.15, -0.1) is 0 Å². The van der Waals surface area contributed by atoms with Crippen LogP contribution in [0.2, 0.25) is 0 Å². The van der Waals surface area contributed by atoms with Gasteiger partial charge in [0, 0.05) is 19.6 Å². The third kappa shape index (κ3) is 6.12. The molecular formula is C8H16O4. The summed E-state index contributed by atoms with van der Waals surface area (Å²) in [7, 11) is 0. The van der Waals surface area contributed by atoms with Gasteiger partial charge in [-0.1, -0.05) is 0 Å². The summed E-state index contributed by atoms with van der Waals surface area (Å²) in [4.78, 5) is 10.7. The number of rotatable bonds is 6. The standard InChI is InChI=1S/C8H16O4/c1-3-11-5-4-6-12-8(10)7(2)9/h7,9H,3-6H2,1-2H3. The van der Waals surface area contributed by atoms with E-state index in [9.17, 15) is 4.79 Å². The van der Waals surface area contributed by atoms with Crippen LogP contribution >= 0.6 is 0 Å².